The lowest BCUT2D eigenvalue weighted by Crippen LogP contribution is -2.40. The molecule has 1 fully saturated rings. The highest BCUT2D eigenvalue weighted by Gasteiger charge is 2.53. The van der Waals surface area contributed by atoms with Crippen LogP contribution >= 0.6 is 0 Å². The number of halogens is 3. The Kier molecular flexibility index (Phi) is 6.33. The predicted octanol–water partition coefficient (Wildman–Crippen LogP) is 2.53. The minimum Gasteiger partial charge on any atom is -0.494 e. The van der Waals surface area contributed by atoms with Gasteiger partial charge in [-0.15, -0.1) is 0 Å². The van der Waals surface area contributed by atoms with Gasteiger partial charge in [-0.2, -0.15) is 13.2 Å². The van der Waals surface area contributed by atoms with E-state index in [9.17, 15) is 22.8 Å². The van der Waals surface area contributed by atoms with E-state index < -0.39 is 43.1 Å². The number of carboxylic acid groups (broad SMARTS) is 1. The maximum absolute atomic E-state index is 13.0. The van der Waals surface area contributed by atoms with Crippen molar-refractivity contribution in [3.63, 3.8) is 0 Å². The molecule has 2 rings (SSSR count). The first-order chi connectivity index (χ1) is 12.2. The Morgan fingerprint density at radius 3 is 2.58 bits per heavy atom. The van der Waals surface area contributed by atoms with Crippen molar-refractivity contribution in [2.24, 2.45) is 11.8 Å². The molecule has 0 aromatic heterocycles. The number of carbonyl (C=O) groups excluding carboxylic acids is 1. The van der Waals surface area contributed by atoms with Crippen molar-refractivity contribution >= 4 is 12.0 Å². The van der Waals surface area contributed by atoms with Crippen molar-refractivity contribution in [1.82, 2.24) is 10.2 Å². The number of hydrogen-bond acceptors (Lipinski definition) is 3. The van der Waals surface area contributed by atoms with Gasteiger partial charge in [0.2, 0.25) is 0 Å². The van der Waals surface area contributed by atoms with Gasteiger partial charge in [-0.05, 0) is 25.0 Å². The number of likely N-dealkylation sites (tertiary alicyclic amines) is 1. The number of para-hydroxylation sites is 1. The number of aliphatic carboxylic acids is 1. The molecule has 1 aliphatic heterocycles. The van der Waals surface area contributed by atoms with Gasteiger partial charge in [0.25, 0.3) is 0 Å². The highest BCUT2D eigenvalue weighted by Crippen LogP contribution is 2.37. The standard InChI is InChI=1S/C17H21F3N2O4/c1-2-26-14-6-4-3-5-11(14)7-8-21-16(25)22-9-12(15(23)24)13(10-22)17(18,19)20/h3-6,12-13H,2,7-10H2,1H3,(H,21,25)(H,23,24)/t12-,13-/m1/s1. The zero-order valence-electron chi connectivity index (χ0n) is 14.3. The van der Waals surface area contributed by atoms with Crippen molar-refractivity contribution in [3.05, 3.63) is 29.8 Å². The largest absolute Gasteiger partial charge is 0.494 e. The number of nitrogens with zero attached hydrogens (tertiary/aromatic N) is 1. The molecule has 0 spiro atoms. The van der Waals surface area contributed by atoms with Crippen molar-refractivity contribution in [1.29, 1.82) is 0 Å². The first-order valence-corrected chi connectivity index (χ1v) is 8.27. The molecule has 1 aromatic carbocycles. The number of amides is 2. The third-order valence-electron chi connectivity index (χ3n) is 4.29. The molecule has 2 N–H and O–H groups in total. The molecule has 9 heteroatoms. The number of hydrogen-bond donors (Lipinski definition) is 2. The van der Waals surface area contributed by atoms with Crippen molar-refractivity contribution in [3.8, 4) is 5.75 Å². The van der Waals surface area contributed by atoms with Gasteiger partial charge >= 0.3 is 18.2 Å². The van der Waals surface area contributed by atoms with E-state index in [0.29, 0.717) is 18.8 Å². The Labute approximate surface area is 148 Å². The summed E-state index contributed by atoms with van der Waals surface area (Å²) in [6.45, 7) is 1.44. The zero-order chi connectivity index (χ0) is 19.3. The third kappa shape index (κ3) is 4.80. The predicted molar refractivity (Wildman–Crippen MR) is 87.0 cm³/mol. The van der Waals surface area contributed by atoms with Crippen molar-refractivity contribution in [2.75, 3.05) is 26.2 Å². The topological polar surface area (TPSA) is 78.9 Å². The number of carboxylic acids is 1. The lowest BCUT2D eigenvalue weighted by molar-refractivity contribution is -0.187. The fraction of sp³-hybridized carbons (Fsp3) is 0.529. The molecule has 26 heavy (non-hydrogen) atoms. The lowest BCUT2D eigenvalue weighted by Gasteiger charge is -2.19. The van der Waals surface area contributed by atoms with Crippen LogP contribution in [-0.2, 0) is 11.2 Å². The summed E-state index contributed by atoms with van der Waals surface area (Å²) in [5.41, 5.74) is 0.868. The monoisotopic (exact) mass is 374 g/mol. The molecule has 144 valence electrons. The number of nitrogens with one attached hydrogen (secondary N) is 1. The molecule has 2 amide bonds. The molecule has 1 aliphatic rings. The van der Waals surface area contributed by atoms with Gasteiger partial charge in [0.1, 0.15) is 5.75 Å². The molecule has 1 saturated heterocycles. The summed E-state index contributed by atoms with van der Waals surface area (Å²) in [4.78, 5) is 24.1. The first-order valence-electron chi connectivity index (χ1n) is 8.27. The average molecular weight is 374 g/mol. The smallest absolute Gasteiger partial charge is 0.394 e. The van der Waals surface area contributed by atoms with E-state index in [0.717, 1.165) is 10.5 Å². The Morgan fingerprint density at radius 2 is 2.00 bits per heavy atom. The maximum atomic E-state index is 13.0. The number of benzene rings is 1. The Morgan fingerprint density at radius 1 is 1.31 bits per heavy atom. The second-order valence-corrected chi connectivity index (χ2v) is 6.02. The average Bonchev–Trinajstić information content (AvgIpc) is 3.02. The third-order valence-corrected chi connectivity index (χ3v) is 4.29. The summed E-state index contributed by atoms with van der Waals surface area (Å²) in [7, 11) is 0. The van der Waals surface area contributed by atoms with Gasteiger partial charge in [-0.1, -0.05) is 18.2 Å². The molecule has 2 atom stereocenters. The van der Waals surface area contributed by atoms with E-state index in [1.165, 1.54) is 0 Å². The van der Waals surface area contributed by atoms with Gasteiger partial charge in [-0.25, -0.2) is 4.79 Å². The van der Waals surface area contributed by atoms with Crippen LogP contribution in [0.3, 0.4) is 0 Å². The van der Waals surface area contributed by atoms with Crippen LogP contribution in [0.15, 0.2) is 24.3 Å². The minimum absolute atomic E-state index is 0.202. The van der Waals surface area contributed by atoms with Crippen molar-refractivity contribution in [2.45, 2.75) is 19.5 Å². The van der Waals surface area contributed by atoms with Crippen LogP contribution < -0.4 is 10.1 Å². The molecule has 6 nitrogen and oxygen atoms in total. The van der Waals surface area contributed by atoms with E-state index in [1.807, 2.05) is 25.1 Å². The molecule has 0 bridgehead atoms. The van der Waals surface area contributed by atoms with Crippen molar-refractivity contribution < 1.29 is 32.6 Å². The molecular formula is C17H21F3N2O4. The van der Waals surface area contributed by atoms with Gasteiger partial charge in [0.15, 0.2) is 0 Å². The lowest BCUT2D eigenvalue weighted by atomic mass is 9.96. The number of carbonyl (C=O) groups is 2. The van der Waals surface area contributed by atoms with Crippen LogP contribution in [0.4, 0.5) is 18.0 Å². The summed E-state index contributed by atoms with van der Waals surface area (Å²) in [5.74, 6) is -4.55. The van der Waals surface area contributed by atoms with Gasteiger partial charge < -0.3 is 20.1 Å². The van der Waals surface area contributed by atoms with E-state index in [-0.39, 0.29) is 6.54 Å². The maximum Gasteiger partial charge on any atom is 0.394 e. The normalized spacial score (nSPS) is 20.1. The SMILES string of the molecule is CCOc1ccccc1CCNC(=O)N1C[C@@H](C(F)(F)F)[C@H](C(=O)O)C1. The highest BCUT2D eigenvalue weighted by molar-refractivity contribution is 5.77. The minimum atomic E-state index is -4.66. The number of alkyl halides is 3. The Hall–Kier alpha value is -2.45. The summed E-state index contributed by atoms with van der Waals surface area (Å²) < 4.78 is 44.4. The molecule has 0 aliphatic carbocycles. The zero-order valence-corrected chi connectivity index (χ0v) is 14.3. The van der Waals surface area contributed by atoms with Gasteiger partial charge in [0, 0.05) is 19.6 Å². The van der Waals surface area contributed by atoms with Crippen LogP contribution in [0.5, 0.6) is 5.75 Å². The summed E-state index contributed by atoms with van der Waals surface area (Å²) in [6, 6.07) is 6.59. The second-order valence-electron chi connectivity index (χ2n) is 6.02. The second kappa shape index (κ2) is 8.29. The molecule has 0 unspecified atom stereocenters. The summed E-state index contributed by atoms with van der Waals surface area (Å²) in [5, 5.41) is 11.5. The van der Waals surface area contributed by atoms with Crippen LogP contribution in [0.25, 0.3) is 0 Å². The number of ether oxygens (including phenoxy) is 1. The number of urea groups is 1. The molecule has 0 saturated carbocycles. The Balaban J connectivity index is 1.92. The van der Waals surface area contributed by atoms with Crippen LogP contribution in [-0.4, -0.2) is 54.4 Å². The van der Waals surface area contributed by atoms with Crippen LogP contribution in [0, 0.1) is 11.8 Å². The molecule has 1 aromatic rings. The van der Waals surface area contributed by atoms with E-state index >= 15 is 0 Å². The fourth-order valence-corrected chi connectivity index (χ4v) is 2.97. The van der Waals surface area contributed by atoms with E-state index in [1.54, 1.807) is 6.07 Å². The van der Waals surface area contributed by atoms with E-state index in [2.05, 4.69) is 5.32 Å². The molecular weight excluding hydrogens is 353 g/mol. The molecule has 0 radical (unpaired) electrons. The quantitative estimate of drug-likeness (QED) is 0.802. The van der Waals surface area contributed by atoms with Gasteiger partial charge in [-0.3, -0.25) is 4.79 Å². The first kappa shape index (κ1) is 19.9. The highest BCUT2D eigenvalue weighted by atomic mass is 19.4. The fourth-order valence-electron chi connectivity index (χ4n) is 2.97. The summed E-state index contributed by atoms with van der Waals surface area (Å²) >= 11 is 0. The van der Waals surface area contributed by atoms with E-state index in [4.69, 9.17) is 9.84 Å². The Bertz CT molecular complexity index is 651. The molecule has 1 heterocycles. The van der Waals surface area contributed by atoms with Gasteiger partial charge in [0.05, 0.1) is 18.4 Å². The number of rotatable bonds is 6. The van der Waals surface area contributed by atoms with Crippen LogP contribution in [0.1, 0.15) is 12.5 Å². The summed E-state index contributed by atoms with van der Waals surface area (Å²) in [6.07, 6.45) is -4.21. The van der Waals surface area contributed by atoms with Crippen LogP contribution in [0.2, 0.25) is 0 Å².